The number of hydrogen-bond acceptors (Lipinski definition) is 2. The molecule has 1 aromatic carbocycles. The van der Waals surface area contributed by atoms with Crippen LogP contribution in [0.15, 0.2) is 18.2 Å². The minimum absolute atomic E-state index is 0.00942. The van der Waals surface area contributed by atoms with Crippen LogP contribution in [0.5, 0.6) is 0 Å². The smallest absolute Gasteiger partial charge is 0.323 e. The molecule has 0 atom stereocenters. The number of carboxylic acids is 1. The molecule has 4 nitrogen and oxygen atoms in total. The van der Waals surface area contributed by atoms with Gasteiger partial charge >= 0.3 is 5.97 Å². The summed E-state index contributed by atoms with van der Waals surface area (Å²) in [5.74, 6) is -1.28. The first-order valence-corrected chi connectivity index (χ1v) is 7.16. The summed E-state index contributed by atoms with van der Waals surface area (Å²) in [5.41, 5.74) is 1.21. The number of benzene rings is 1. The molecule has 2 rings (SSSR count). The second-order valence-electron chi connectivity index (χ2n) is 5.20. The number of carbonyl (C=O) groups excluding carboxylic acids is 1. The quantitative estimate of drug-likeness (QED) is 0.928. The van der Waals surface area contributed by atoms with E-state index in [1.807, 2.05) is 13.0 Å². The van der Waals surface area contributed by atoms with E-state index in [4.69, 9.17) is 16.7 Å². The normalized spacial score (nSPS) is 15.3. The number of carboxylic acid groups (broad SMARTS) is 1. The average molecular weight is 296 g/mol. The Morgan fingerprint density at radius 2 is 2.00 bits per heavy atom. The van der Waals surface area contributed by atoms with Crippen molar-refractivity contribution < 1.29 is 14.7 Å². The topological polar surface area (TPSA) is 57.6 Å². The first-order chi connectivity index (χ1) is 9.50. The van der Waals surface area contributed by atoms with Crippen LogP contribution in [0.4, 0.5) is 0 Å². The highest BCUT2D eigenvalue weighted by atomic mass is 35.5. The summed E-state index contributed by atoms with van der Waals surface area (Å²) in [5, 5.41) is 9.45. The van der Waals surface area contributed by atoms with Crippen molar-refractivity contribution in [2.75, 3.05) is 6.54 Å². The monoisotopic (exact) mass is 295 g/mol. The molecule has 5 heteroatoms. The van der Waals surface area contributed by atoms with E-state index in [0.29, 0.717) is 10.6 Å². The molecule has 0 unspecified atom stereocenters. The summed E-state index contributed by atoms with van der Waals surface area (Å²) in [6, 6.07) is 5.26. The second kappa shape index (κ2) is 6.27. The van der Waals surface area contributed by atoms with E-state index in [1.165, 1.54) is 4.90 Å². The summed E-state index contributed by atoms with van der Waals surface area (Å²) < 4.78 is 0. The van der Waals surface area contributed by atoms with Gasteiger partial charge < -0.3 is 10.0 Å². The molecule has 1 fully saturated rings. The molecule has 0 aromatic heterocycles. The van der Waals surface area contributed by atoms with E-state index in [1.54, 1.807) is 12.1 Å². The van der Waals surface area contributed by atoms with E-state index in [9.17, 15) is 9.59 Å². The maximum atomic E-state index is 12.6. The van der Waals surface area contributed by atoms with Crippen LogP contribution in [0.1, 0.15) is 41.6 Å². The Balaban J connectivity index is 2.29. The van der Waals surface area contributed by atoms with E-state index in [2.05, 4.69) is 0 Å². The van der Waals surface area contributed by atoms with Crippen molar-refractivity contribution in [3.8, 4) is 0 Å². The largest absolute Gasteiger partial charge is 0.480 e. The highest BCUT2D eigenvalue weighted by Crippen LogP contribution is 2.27. The Morgan fingerprint density at radius 1 is 1.35 bits per heavy atom. The Bertz CT molecular complexity index is 524. The number of aliphatic carboxylic acids is 1. The van der Waals surface area contributed by atoms with Gasteiger partial charge in [-0.2, -0.15) is 0 Å². The van der Waals surface area contributed by atoms with Crippen LogP contribution in [0.2, 0.25) is 5.02 Å². The molecule has 0 heterocycles. The molecule has 1 N–H and O–H groups in total. The maximum Gasteiger partial charge on any atom is 0.323 e. The SMILES string of the molecule is Cc1cccc(C(=O)N(CC(=O)O)C2CCCC2)c1Cl. The Kier molecular flexibility index (Phi) is 4.65. The summed E-state index contributed by atoms with van der Waals surface area (Å²) in [6.45, 7) is 1.56. The van der Waals surface area contributed by atoms with Crippen LogP contribution in [0.3, 0.4) is 0 Å². The van der Waals surface area contributed by atoms with Gasteiger partial charge in [0.2, 0.25) is 0 Å². The summed E-state index contributed by atoms with van der Waals surface area (Å²) in [6.07, 6.45) is 3.80. The molecule has 1 aliphatic rings. The van der Waals surface area contributed by atoms with E-state index in [0.717, 1.165) is 31.2 Å². The lowest BCUT2D eigenvalue weighted by Crippen LogP contribution is -2.42. The van der Waals surface area contributed by atoms with Gasteiger partial charge in [-0.05, 0) is 31.4 Å². The van der Waals surface area contributed by atoms with Gasteiger partial charge in [-0.3, -0.25) is 9.59 Å². The van der Waals surface area contributed by atoms with Crippen molar-refractivity contribution in [3.05, 3.63) is 34.3 Å². The minimum atomic E-state index is -0.992. The zero-order valence-electron chi connectivity index (χ0n) is 11.4. The number of hydrogen-bond donors (Lipinski definition) is 1. The number of nitrogens with zero attached hydrogens (tertiary/aromatic N) is 1. The highest BCUT2D eigenvalue weighted by Gasteiger charge is 2.30. The molecule has 1 saturated carbocycles. The van der Waals surface area contributed by atoms with E-state index >= 15 is 0 Å². The van der Waals surface area contributed by atoms with Crippen molar-refractivity contribution in [1.82, 2.24) is 4.90 Å². The first kappa shape index (κ1) is 14.9. The van der Waals surface area contributed by atoms with Crippen LogP contribution in [-0.2, 0) is 4.79 Å². The number of carbonyl (C=O) groups is 2. The van der Waals surface area contributed by atoms with Gasteiger partial charge in [0, 0.05) is 6.04 Å². The third kappa shape index (κ3) is 3.12. The fourth-order valence-corrected chi connectivity index (χ4v) is 2.90. The van der Waals surface area contributed by atoms with Gasteiger partial charge in [0.05, 0.1) is 10.6 Å². The number of rotatable bonds is 4. The summed E-state index contributed by atoms with van der Waals surface area (Å²) in [4.78, 5) is 25.1. The van der Waals surface area contributed by atoms with Crippen molar-refractivity contribution in [2.24, 2.45) is 0 Å². The van der Waals surface area contributed by atoms with Crippen molar-refractivity contribution in [1.29, 1.82) is 0 Å². The van der Waals surface area contributed by atoms with Crippen LogP contribution < -0.4 is 0 Å². The molecule has 0 bridgehead atoms. The second-order valence-corrected chi connectivity index (χ2v) is 5.58. The number of aryl methyl sites for hydroxylation is 1. The molecule has 0 aliphatic heterocycles. The van der Waals surface area contributed by atoms with Crippen molar-refractivity contribution in [3.63, 3.8) is 0 Å². The average Bonchev–Trinajstić information content (AvgIpc) is 2.92. The predicted octanol–water partition coefficient (Wildman–Crippen LogP) is 3.12. The summed E-state index contributed by atoms with van der Waals surface area (Å²) in [7, 11) is 0. The van der Waals surface area contributed by atoms with Gasteiger partial charge in [-0.1, -0.05) is 36.6 Å². The molecule has 1 aromatic rings. The predicted molar refractivity (Wildman–Crippen MR) is 77.1 cm³/mol. The Labute approximate surface area is 123 Å². The van der Waals surface area contributed by atoms with Gasteiger partial charge in [-0.25, -0.2) is 0 Å². The standard InChI is InChI=1S/C15H18ClNO3/c1-10-5-4-8-12(14(10)16)15(20)17(9-13(18)19)11-6-2-3-7-11/h4-5,8,11H,2-3,6-7,9H2,1H3,(H,18,19). The fourth-order valence-electron chi connectivity index (χ4n) is 2.70. The lowest BCUT2D eigenvalue weighted by Gasteiger charge is -2.28. The van der Waals surface area contributed by atoms with Crippen LogP contribution in [-0.4, -0.2) is 34.5 Å². The molecule has 0 spiro atoms. The number of amides is 1. The molecule has 1 aliphatic carbocycles. The van der Waals surface area contributed by atoms with Gasteiger partial charge in [0.25, 0.3) is 5.91 Å². The molecule has 1 amide bonds. The van der Waals surface area contributed by atoms with Crippen molar-refractivity contribution in [2.45, 2.75) is 38.6 Å². The highest BCUT2D eigenvalue weighted by molar-refractivity contribution is 6.34. The summed E-state index contributed by atoms with van der Waals surface area (Å²) >= 11 is 6.18. The van der Waals surface area contributed by atoms with Gasteiger partial charge in [0.15, 0.2) is 0 Å². The van der Waals surface area contributed by atoms with Gasteiger partial charge in [0.1, 0.15) is 6.54 Å². The molecule has 108 valence electrons. The van der Waals surface area contributed by atoms with Crippen LogP contribution in [0, 0.1) is 6.92 Å². The number of halogens is 1. The molecule has 0 saturated heterocycles. The van der Waals surface area contributed by atoms with E-state index < -0.39 is 5.97 Å². The first-order valence-electron chi connectivity index (χ1n) is 6.78. The minimum Gasteiger partial charge on any atom is -0.480 e. The lowest BCUT2D eigenvalue weighted by molar-refractivity contribution is -0.138. The third-order valence-electron chi connectivity index (χ3n) is 3.75. The third-order valence-corrected chi connectivity index (χ3v) is 4.26. The molecular weight excluding hydrogens is 278 g/mol. The molecule has 0 radical (unpaired) electrons. The lowest BCUT2D eigenvalue weighted by atomic mass is 10.1. The molecular formula is C15H18ClNO3. The zero-order chi connectivity index (χ0) is 14.7. The maximum absolute atomic E-state index is 12.6. The Hall–Kier alpha value is -1.55. The van der Waals surface area contributed by atoms with Gasteiger partial charge in [-0.15, -0.1) is 0 Å². The van der Waals surface area contributed by atoms with Crippen LogP contribution >= 0.6 is 11.6 Å². The zero-order valence-corrected chi connectivity index (χ0v) is 12.2. The van der Waals surface area contributed by atoms with Crippen LogP contribution in [0.25, 0.3) is 0 Å². The fraction of sp³-hybridized carbons (Fsp3) is 0.467. The van der Waals surface area contributed by atoms with E-state index in [-0.39, 0.29) is 18.5 Å². The van der Waals surface area contributed by atoms with Crippen molar-refractivity contribution >= 4 is 23.5 Å². The molecule has 20 heavy (non-hydrogen) atoms. The Morgan fingerprint density at radius 3 is 2.60 bits per heavy atom.